The van der Waals surface area contributed by atoms with E-state index in [1.165, 1.54) is 19.2 Å². The number of para-hydroxylation sites is 1. The lowest BCUT2D eigenvalue weighted by molar-refractivity contribution is -0.146. The zero-order valence-electron chi connectivity index (χ0n) is 14.2. The number of benzene rings is 2. The molecule has 2 N–H and O–H groups in total. The number of aliphatic carboxylic acids is 1. The van der Waals surface area contributed by atoms with Gasteiger partial charge in [0, 0.05) is 11.6 Å². The van der Waals surface area contributed by atoms with Crippen LogP contribution in [0.1, 0.15) is 22.6 Å². The summed E-state index contributed by atoms with van der Waals surface area (Å²) in [4.78, 5) is 24.4. The molecule has 1 amide bonds. The van der Waals surface area contributed by atoms with E-state index in [0.717, 1.165) is 6.07 Å². The van der Waals surface area contributed by atoms with Crippen molar-refractivity contribution in [2.24, 2.45) is 5.92 Å². The maximum atomic E-state index is 13.5. The lowest BCUT2D eigenvalue weighted by Crippen LogP contribution is -2.33. The second-order valence-corrected chi connectivity index (χ2v) is 6.19. The van der Waals surface area contributed by atoms with E-state index in [4.69, 9.17) is 4.74 Å². The third-order valence-corrected chi connectivity index (χ3v) is 4.65. The zero-order chi connectivity index (χ0) is 19.8. The molecular weight excluding hydrogens is 363 g/mol. The van der Waals surface area contributed by atoms with Crippen molar-refractivity contribution in [3.63, 3.8) is 0 Å². The number of ether oxygens (including phenoxy) is 1. The first-order valence-electron chi connectivity index (χ1n) is 8.09. The molecule has 2 aromatic carbocycles. The Balaban J connectivity index is 2.22. The van der Waals surface area contributed by atoms with Crippen LogP contribution >= 0.6 is 0 Å². The van der Waals surface area contributed by atoms with Gasteiger partial charge in [-0.25, -0.2) is 0 Å². The van der Waals surface area contributed by atoms with E-state index < -0.39 is 35.5 Å². The number of carboxylic acid groups (broad SMARTS) is 1. The molecule has 0 unspecified atom stereocenters. The number of fused-ring (bicyclic) bond motifs is 1. The van der Waals surface area contributed by atoms with Crippen LogP contribution < -0.4 is 10.1 Å². The second kappa shape index (κ2) is 6.94. The summed E-state index contributed by atoms with van der Waals surface area (Å²) < 4.78 is 45.7. The molecule has 0 saturated heterocycles. The predicted octanol–water partition coefficient (Wildman–Crippen LogP) is 3.69. The van der Waals surface area contributed by atoms with Crippen LogP contribution in [0.3, 0.4) is 0 Å². The van der Waals surface area contributed by atoms with Gasteiger partial charge in [-0.15, -0.1) is 0 Å². The van der Waals surface area contributed by atoms with Crippen LogP contribution in [-0.2, 0) is 22.2 Å². The zero-order valence-corrected chi connectivity index (χ0v) is 14.2. The minimum absolute atomic E-state index is 0.0292. The van der Waals surface area contributed by atoms with Crippen molar-refractivity contribution in [2.75, 3.05) is 12.4 Å². The Kier molecular flexibility index (Phi) is 4.82. The number of halogens is 3. The van der Waals surface area contributed by atoms with E-state index >= 15 is 0 Å². The molecule has 27 heavy (non-hydrogen) atoms. The first-order chi connectivity index (χ1) is 12.7. The topological polar surface area (TPSA) is 75.6 Å². The number of hydrogen-bond donors (Lipinski definition) is 2. The summed E-state index contributed by atoms with van der Waals surface area (Å²) in [5, 5.41) is 12.0. The maximum Gasteiger partial charge on any atom is 0.416 e. The summed E-state index contributed by atoms with van der Waals surface area (Å²) in [5.41, 5.74) is -0.699. The lowest BCUT2D eigenvalue weighted by atomic mass is 9.80. The van der Waals surface area contributed by atoms with Crippen molar-refractivity contribution in [3.8, 4) is 5.75 Å². The highest BCUT2D eigenvalue weighted by Gasteiger charge is 2.43. The van der Waals surface area contributed by atoms with Gasteiger partial charge in [0.2, 0.25) is 5.91 Å². The first-order valence-corrected chi connectivity index (χ1v) is 8.09. The van der Waals surface area contributed by atoms with E-state index in [1.54, 1.807) is 24.3 Å². The number of carbonyl (C=O) groups excluding carboxylic acids is 1. The average Bonchev–Trinajstić information content (AvgIpc) is 2.75. The molecule has 0 bridgehead atoms. The fourth-order valence-corrected chi connectivity index (χ4v) is 3.47. The summed E-state index contributed by atoms with van der Waals surface area (Å²) in [6.45, 7) is 0. The molecule has 1 aliphatic heterocycles. The maximum absolute atomic E-state index is 13.5. The number of rotatable bonds is 3. The van der Waals surface area contributed by atoms with Crippen molar-refractivity contribution in [2.45, 2.75) is 18.5 Å². The van der Waals surface area contributed by atoms with Gasteiger partial charge in [0.05, 0.1) is 12.7 Å². The number of nitrogens with one attached hydrogen (secondary N) is 1. The van der Waals surface area contributed by atoms with Gasteiger partial charge in [0.25, 0.3) is 0 Å². The van der Waals surface area contributed by atoms with Gasteiger partial charge in [-0.2, -0.15) is 13.2 Å². The molecule has 2 aromatic rings. The van der Waals surface area contributed by atoms with Crippen LogP contribution in [0.5, 0.6) is 5.75 Å². The van der Waals surface area contributed by atoms with Crippen LogP contribution in [0.4, 0.5) is 18.9 Å². The van der Waals surface area contributed by atoms with Gasteiger partial charge in [0.1, 0.15) is 11.7 Å². The molecule has 0 saturated carbocycles. The van der Waals surface area contributed by atoms with Gasteiger partial charge >= 0.3 is 12.1 Å². The van der Waals surface area contributed by atoms with Gasteiger partial charge in [0.15, 0.2) is 0 Å². The number of anilines is 1. The quantitative estimate of drug-likeness (QED) is 0.798. The van der Waals surface area contributed by atoms with E-state index in [2.05, 4.69) is 5.32 Å². The van der Waals surface area contributed by atoms with Crippen molar-refractivity contribution in [1.82, 2.24) is 0 Å². The number of hydrogen-bond acceptors (Lipinski definition) is 3. The highest BCUT2D eigenvalue weighted by molar-refractivity contribution is 6.06. The lowest BCUT2D eigenvalue weighted by Gasteiger charge is -2.23. The van der Waals surface area contributed by atoms with Gasteiger partial charge < -0.3 is 15.2 Å². The summed E-state index contributed by atoms with van der Waals surface area (Å²) in [6, 6.07) is 9.86. The Hall–Kier alpha value is -3.03. The van der Waals surface area contributed by atoms with Gasteiger partial charge in [-0.3, -0.25) is 9.59 Å². The van der Waals surface area contributed by atoms with Crippen molar-refractivity contribution >= 4 is 17.6 Å². The molecule has 0 aliphatic carbocycles. The molecule has 1 heterocycles. The Morgan fingerprint density at radius 1 is 1.19 bits per heavy atom. The summed E-state index contributed by atoms with van der Waals surface area (Å²) in [6.07, 6.45) is -4.91. The predicted molar refractivity (Wildman–Crippen MR) is 90.6 cm³/mol. The molecular formula is C19H16F3NO4. The molecule has 5 nitrogen and oxygen atoms in total. The highest BCUT2D eigenvalue weighted by Crippen LogP contribution is 2.43. The van der Waals surface area contributed by atoms with Crippen LogP contribution in [0.15, 0.2) is 42.5 Å². The first kappa shape index (κ1) is 18.8. The molecule has 2 atom stereocenters. The van der Waals surface area contributed by atoms with E-state index in [0.29, 0.717) is 11.3 Å². The highest BCUT2D eigenvalue weighted by atomic mass is 19.4. The minimum atomic E-state index is -4.63. The molecule has 0 fully saturated rings. The van der Waals surface area contributed by atoms with E-state index in [1.807, 2.05) is 0 Å². The summed E-state index contributed by atoms with van der Waals surface area (Å²) in [5.74, 6) is -4.55. The molecule has 1 aliphatic rings. The molecule has 8 heteroatoms. The Labute approximate surface area is 152 Å². The smallest absolute Gasteiger partial charge is 0.416 e. The number of alkyl halides is 3. The summed E-state index contributed by atoms with van der Waals surface area (Å²) >= 11 is 0. The monoisotopic (exact) mass is 379 g/mol. The van der Waals surface area contributed by atoms with Gasteiger partial charge in [-0.05, 0) is 35.7 Å². The molecule has 0 spiro atoms. The number of methoxy groups -OCH3 is 1. The second-order valence-electron chi connectivity index (χ2n) is 6.19. The molecule has 0 aromatic heterocycles. The SMILES string of the molecule is COc1ccccc1[C@H]1Cc2c(cccc2C(F)(F)F)NC(=O)[C@@H]1C(=O)O. The van der Waals surface area contributed by atoms with Crippen molar-refractivity contribution in [1.29, 1.82) is 0 Å². The van der Waals surface area contributed by atoms with Gasteiger partial charge in [-0.1, -0.05) is 24.3 Å². The summed E-state index contributed by atoms with van der Waals surface area (Å²) in [7, 11) is 1.38. The normalized spacial score (nSPS) is 19.6. The van der Waals surface area contributed by atoms with E-state index in [9.17, 15) is 27.9 Å². The third-order valence-electron chi connectivity index (χ3n) is 4.65. The van der Waals surface area contributed by atoms with Crippen LogP contribution in [0, 0.1) is 5.92 Å². The minimum Gasteiger partial charge on any atom is -0.496 e. The number of carbonyl (C=O) groups is 2. The fourth-order valence-electron chi connectivity index (χ4n) is 3.47. The van der Waals surface area contributed by atoms with Crippen LogP contribution in [0.25, 0.3) is 0 Å². The van der Waals surface area contributed by atoms with Crippen molar-refractivity contribution in [3.05, 3.63) is 59.2 Å². The fraction of sp³-hybridized carbons (Fsp3) is 0.263. The molecule has 3 rings (SSSR count). The Bertz CT molecular complexity index is 895. The molecule has 0 radical (unpaired) electrons. The largest absolute Gasteiger partial charge is 0.496 e. The van der Waals surface area contributed by atoms with Crippen molar-refractivity contribution < 1.29 is 32.6 Å². The van der Waals surface area contributed by atoms with Crippen LogP contribution in [0.2, 0.25) is 0 Å². The Morgan fingerprint density at radius 3 is 2.52 bits per heavy atom. The molecule has 142 valence electrons. The number of amides is 1. The van der Waals surface area contributed by atoms with Crippen LogP contribution in [-0.4, -0.2) is 24.1 Å². The average molecular weight is 379 g/mol. The van der Waals surface area contributed by atoms with E-state index in [-0.39, 0.29) is 17.7 Å². The number of carboxylic acids is 1. The third kappa shape index (κ3) is 3.47. The standard InChI is InChI=1S/C19H16F3NO4/c1-27-15-8-3-2-5-10(15)11-9-12-13(19(20,21)22)6-4-7-14(12)23-17(24)16(11)18(25)26/h2-8,11,16H,9H2,1H3,(H,23,24)(H,25,26)/t11-,16-/m1/s1. The Morgan fingerprint density at radius 2 is 1.89 bits per heavy atom.